The number of hydrogen-bond donors (Lipinski definition) is 3. The molecule has 21 heavy (non-hydrogen) atoms. The summed E-state index contributed by atoms with van der Waals surface area (Å²) in [7, 11) is 0. The molecule has 0 aliphatic rings. The Morgan fingerprint density at radius 3 is 1.14 bits per heavy atom. The Morgan fingerprint density at radius 2 is 1.00 bits per heavy atom. The van der Waals surface area contributed by atoms with Gasteiger partial charge in [-0.1, -0.05) is 25.2 Å². The second kappa shape index (κ2) is 7.42. The van der Waals surface area contributed by atoms with Crippen LogP contribution in [0.4, 0.5) is 0 Å². The van der Waals surface area contributed by atoms with Crippen LogP contribution in [-0.2, 0) is 14.4 Å². The first-order chi connectivity index (χ1) is 9.54. The fraction of sp³-hybridized carbons (Fsp3) is 0.400. The van der Waals surface area contributed by atoms with Gasteiger partial charge in [-0.3, -0.25) is 0 Å². The van der Waals surface area contributed by atoms with E-state index in [-0.39, 0.29) is 16.7 Å². The highest BCUT2D eigenvalue weighted by Gasteiger charge is 2.25. The van der Waals surface area contributed by atoms with Crippen LogP contribution in [-0.4, -0.2) is 33.2 Å². The molecule has 0 amide bonds. The molecule has 0 rings (SSSR count). The van der Waals surface area contributed by atoms with E-state index in [0.717, 1.165) is 0 Å². The molecule has 0 aromatic heterocycles. The Kier molecular flexibility index (Phi) is 6.58. The molecule has 0 heterocycles. The zero-order valence-electron chi connectivity index (χ0n) is 12.5. The molecule has 0 atom stereocenters. The summed E-state index contributed by atoms with van der Waals surface area (Å²) in [5.41, 5.74) is -1.03. The summed E-state index contributed by atoms with van der Waals surface area (Å²) in [5, 5.41) is 27.0. The number of hydrogen-bond acceptors (Lipinski definition) is 3. The second-order valence-electron chi connectivity index (χ2n) is 4.86. The van der Waals surface area contributed by atoms with E-state index in [4.69, 9.17) is 15.3 Å². The molecule has 0 radical (unpaired) electrons. The van der Waals surface area contributed by atoms with Gasteiger partial charge in [0.25, 0.3) is 0 Å². The molecule has 0 aliphatic carbocycles. The van der Waals surface area contributed by atoms with Crippen LogP contribution in [0.1, 0.15) is 34.1 Å². The molecule has 0 saturated heterocycles. The van der Waals surface area contributed by atoms with Crippen molar-refractivity contribution in [2.24, 2.45) is 5.41 Å². The molecule has 0 unspecified atom stereocenters. The van der Waals surface area contributed by atoms with Crippen molar-refractivity contribution in [2.75, 3.05) is 0 Å². The number of rotatable bonds is 7. The maximum absolute atomic E-state index is 11.0. The van der Waals surface area contributed by atoms with Crippen LogP contribution >= 0.6 is 0 Å². The molecule has 0 aliphatic heterocycles. The third kappa shape index (κ3) is 5.64. The Hall–Kier alpha value is -2.37. The highest BCUT2D eigenvalue weighted by molar-refractivity contribution is 5.88. The van der Waals surface area contributed by atoms with Crippen molar-refractivity contribution in [3.63, 3.8) is 0 Å². The van der Waals surface area contributed by atoms with E-state index in [1.54, 1.807) is 6.92 Å². The van der Waals surface area contributed by atoms with Crippen molar-refractivity contribution in [1.29, 1.82) is 0 Å². The number of carboxylic acid groups (broad SMARTS) is 3. The lowest BCUT2D eigenvalue weighted by Crippen LogP contribution is -2.17. The van der Waals surface area contributed by atoms with Gasteiger partial charge in [0.2, 0.25) is 0 Å². The zero-order chi connectivity index (χ0) is 16.8. The van der Waals surface area contributed by atoms with E-state index in [2.05, 4.69) is 0 Å². The van der Waals surface area contributed by atoms with Crippen molar-refractivity contribution >= 4 is 17.9 Å². The largest absolute Gasteiger partial charge is 0.478 e. The van der Waals surface area contributed by atoms with Gasteiger partial charge in [-0.15, -0.1) is 0 Å². The molecule has 0 spiro atoms. The number of carbonyl (C=O) groups is 3. The third-order valence-electron chi connectivity index (χ3n) is 3.08. The number of carboxylic acids is 3. The van der Waals surface area contributed by atoms with E-state index in [1.165, 1.54) is 39.0 Å². The van der Waals surface area contributed by atoms with Gasteiger partial charge in [0.1, 0.15) is 0 Å². The van der Waals surface area contributed by atoms with E-state index < -0.39 is 23.3 Å². The first-order valence-electron chi connectivity index (χ1n) is 6.33. The first-order valence-corrected chi connectivity index (χ1v) is 6.33. The monoisotopic (exact) mass is 296 g/mol. The lowest BCUT2D eigenvalue weighted by atomic mass is 9.80. The summed E-state index contributed by atoms with van der Waals surface area (Å²) < 4.78 is 0. The lowest BCUT2D eigenvalue weighted by molar-refractivity contribution is -0.133. The minimum absolute atomic E-state index is 0.0146. The molecule has 0 aromatic rings. The van der Waals surface area contributed by atoms with E-state index >= 15 is 0 Å². The van der Waals surface area contributed by atoms with Crippen LogP contribution in [0.15, 0.2) is 34.9 Å². The van der Waals surface area contributed by atoms with Crippen molar-refractivity contribution in [3.8, 4) is 0 Å². The third-order valence-corrected chi connectivity index (χ3v) is 3.08. The molecule has 0 fully saturated rings. The zero-order valence-corrected chi connectivity index (χ0v) is 12.5. The molecule has 6 nitrogen and oxygen atoms in total. The molecule has 0 aromatic carbocycles. The predicted octanol–water partition coefficient (Wildman–Crippen LogP) is 2.48. The Balaban J connectivity index is 6.19. The average molecular weight is 296 g/mol. The van der Waals surface area contributed by atoms with Crippen LogP contribution in [0.5, 0.6) is 0 Å². The minimum Gasteiger partial charge on any atom is -0.478 e. The molecule has 0 bridgehead atoms. The smallest absolute Gasteiger partial charge is 0.330 e. The van der Waals surface area contributed by atoms with Gasteiger partial charge >= 0.3 is 17.9 Å². The molecular weight excluding hydrogens is 276 g/mol. The minimum atomic E-state index is -1.14. The van der Waals surface area contributed by atoms with Gasteiger partial charge in [0, 0.05) is 22.1 Å². The predicted molar refractivity (Wildman–Crippen MR) is 76.9 cm³/mol. The van der Waals surface area contributed by atoms with Crippen LogP contribution in [0.25, 0.3) is 0 Å². The number of allylic oxidation sites excluding steroid dienone is 3. The molecule has 6 heteroatoms. The Labute approximate surface area is 123 Å². The van der Waals surface area contributed by atoms with Gasteiger partial charge < -0.3 is 15.3 Å². The van der Waals surface area contributed by atoms with Crippen molar-refractivity contribution in [2.45, 2.75) is 34.1 Å². The highest BCUT2D eigenvalue weighted by atomic mass is 16.4. The maximum atomic E-state index is 11.0. The molecule has 3 N–H and O–H groups in total. The highest BCUT2D eigenvalue weighted by Crippen LogP contribution is 2.32. The van der Waals surface area contributed by atoms with Gasteiger partial charge in [-0.05, 0) is 27.2 Å². The fourth-order valence-electron chi connectivity index (χ4n) is 1.83. The summed E-state index contributed by atoms with van der Waals surface area (Å²) in [4.78, 5) is 33.0. The van der Waals surface area contributed by atoms with E-state index in [1.807, 2.05) is 0 Å². The molecular formula is C15H20O6. The maximum Gasteiger partial charge on any atom is 0.330 e. The van der Waals surface area contributed by atoms with Crippen LogP contribution in [0.3, 0.4) is 0 Å². The Bertz CT molecular complexity index is 462. The average Bonchev–Trinajstić information content (AvgIpc) is 2.37. The first kappa shape index (κ1) is 18.6. The van der Waals surface area contributed by atoms with E-state index in [9.17, 15) is 14.4 Å². The topological polar surface area (TPSA) is 112 Å². The van der Waals surface area contributed by atoms with Gasteiger partial charge in [-0.2, -0.15) is 0 Å². The summed E-state index contributed by atoms with van der Waals surface area (Å²) in [5.74, 6) is -3.43. The number of aliphatic carboxylic acids is 3. The summed E-state index contributed by atoms with van der Waals surface area (Å²) in [6.45, 7) is 5.85. The lowest BCUT2D eigenvalue weighted by Gasteiger charge is -2.24. The Morgan fingerprint density at radius 1 is 0.762 bits per heavy atom. The second-order valence-corrected chi connectivity index (χ2v) is 4.86. The van der Waals surface area contributed by atoms with E-state index in [0.29, 0.717) is 6.42 Å². The molecule has 116 valence electrons. The standard InChI is InChI=1S/C15H20O6/c1-5-15(6-9(2)12(16)17,7-10(3)13(18)19)8-11(4)14(20)21/h6-8H,5H2,1-4H3,(H,16,17)(H,18,19)(H,20,21). The SMILES string of the molecule is CCC(C=C(C)C(=O)O)(C=C(C)C(=O)O)C=C(C)C(=O)O. The van der Waals surface area contributed by atoms with Gasteiger partial charge in [0.05, 0.1) is 0 Å². The quantitative estimate of drug-likeness (QED) is 0.622. The van der Waals surface area contributed by atoms with Crippen molar-refractivity contribution < 1.29 is 29.7 Å². The summed E-state index contributed by atoms with van der Waals surface area (Å²) in [6, 6.07) is 0. The van der Waals surface area contributed by atoms with Gasteiger partial charge in [0.15, 0.2) is 0 Å². The van der Waals surface area contributed by atoms with Crippen molar-refractivity contribution in [3.05, 3.63) is 34.9 Å². The molecule has 0 saturated carbocycles. The van der Waals surface area contributed by atoms with Crippen LogP contribution in [0, 0.1) is 5.41 Å². The fourth-order valence-corrected chi connectivity index (χ4v) is 1.83. The van der Waals surface area contributed by atoms with Gasteiger partial charge in [-0.25, -0.2) is 14.4 Å². The van der Waals surface area contributed by atoms with Crippen LogP contribution in [0.2, 0.25) is 0 Å². The summed E-state index contributed by atoms with van der Waals surface area (Å²) >= 11 is 0. The normalized spacial score (nSPS) is 16.3. The summed E-state index contributed by atoms with van der Waals surface area (Å²) in [6.07, 6.45) is 4.43. The van der Waals surface area contributed by atoms with Crippen molar-refractivity contribution in [1.82, 2.24) is 0 Å². The van der Waals surface area contributed by atoms with Crippen LogP contribution < -0.4 is 0 Å².